The standard InChI is InChI=1S/C25H30N6OS/c1-29-8-10-30(11-9-29)17-22-18-33-25(27-22)31(15-19-4-3-5-23(12-19)32-2)16-20-6-7-21-14-26-28-24(21)13-20/h3-7,12-14,18H,8-11,15-17H2,1-2H3,(H,26,28). The molecule has 1 N–H and O–H groups in total. The van der Waals surface area contributed by atoms with Crippen LogP contribution in [-0.2, 0) is 19.6 Å². The highest BCUT2D eigenvalue weighted by Gasteiger charge is 2.18. The van der Waals surface area contributed by atoms with Crippen molar-refractivity contribution >= 4 is 27.4 Å². The lowest BCUT2D eigenvalue weighted by Crippen LogP contribution is -2.43. The highest BCUT2D eigenvalue weighted by atomic mass is 32.1. The van der Waals surface area contributed by atoms with Gasteiger partial charge in [0.15, 0.2) is 5.13 Å². The summed E-state index contributed by atoms with van der Waals surface area (Å²) < 4.78 is 5.44. The Hall–Kier alpha value is -2.94. The molecule has 4 aromatic rings. The van der Waals surface area contributed by atoms with Crippen molar-refractivity contribution in [1.82, 2.24) is 25.0 Å². The number of hydrogen-bond acceptors (Lipinski definition) is 7. The molecule has 8 heteroatoms. The van der Waals surface area contributed by atoms with Gasteiger partial charge in [-0.1, -0.05) is 24.3 Å². The molecule has 0 aliphatic carbocycles. The first-order chi connectivity index (χ1) is 16.2. The van der Waals surface area contributed by atoms with Gasteiger partial charge in [-0.25, -0.2) is 4.98 Å². The highest BCUT2D eigenvalue weighted by Crippen LogP contribution is 2.27. The first-order valence-corrected chi connectivity index (χ1v) is 12.2. The normalized spacial score (nSPS) is 15.2. The van der Waals surface area contributed by atoms with Gasteiger partial charge in [0.2, 0.25) is 0 Å². The lowest BCUT2D eigenvalue weighted by Gasteiger charge is -2.31. The van der Waals surface area contributed by atoms with Crippen LogP contribution >= 0.6 is 11.3 Å². The van der Waals surface area contributed by atoms with Crippen molar-refractivity contribution in [1.29, 1.82) is 0 Å². The lowest BCUT2D eigenvalue weighted by atomic mass is 10.1. The summed E-state index contributed by atoms with van der Waals surface area (Å²) in [5, 5.41) is 11.6. The summed E-state index contributed by atoms with van der Waals surface area (Å²) in [5.74, 6) is 0.876. The van der Waals surface area contributed by atoms with Crippen molar-refractivity contribution in [3.8, 4) is 5.75 Å². The molecule has 0 spiro atoms. The van der Waals surface area contributed by atoms with Crippen LogP contribution in [0.25, 0.3) is 10.9 Å². The van der Waals surface area contributed by atoms with E-state index in [1.54, 1.807) is 18.4 Å². The zero-order valence-electron chi connectivity index (χ0n) is 19.2. The second-order valence-electron chi connectivity index (χ2n) is 8.70. The molecule has 1 saturated heterocycles. The molecule has 0 bridgehead atoms. The zero-order chi connectivity index (χ0) is 22.6. The van der Waals surface area contributed by atoms with Crippen molar-refractivity contribution in [2.24, 2.45) is 0 Å². The summed E-state index contributed by atoms with van der Waals surface area (Å²) in [6.45, 7) is 6.89. The fourth-order valence-corrected chi connectivity index (χ4v) is 5.05. The van der Waals surface area contributed by atoms with E-state index in [0.29, 0.717) is 0 Å². The van der Waals surface area contributed by atoms with Crippen LogP contribution in [0.5, 0.6) is 5.75 Å². The molecule has 1 fully saturated rings. The third-order valence-corrected chi connectivity index (χ3v) is 7.13. The summed E-state index contributed by atoms with van der Waals surface area (Å²) in [6, 6.07) is 14.8. The van der Waals surface area contributed by atoms with Crippen LogP contribution < -0.4 is 9.64 Å². The number of nitrogens with one attached hydrogen (secondary N) is 1. The maximum Gasteiger partial charge on any atom is 0.186 e. The molecule has 5 rings (SSSR count). The summed E-state index contributed by atoms with van der Waals surface area (Å²) in [6.07, 6.45) is 1.86. The Morgan fingerprint density at radius 3 is 2.70 bits per heavy atom. The lowest BCUT2D eigenvalue weighted by molar-refractivity contribution is 0.147. The van der Waals surface area contributed by atoms with Gasteiger partial charge in [-0.3, -0.25) is 10.00 Å². The van der Waals surface area contributed by atoms with Crippen LogP contribution in [-0.4, -0.2) is 65.3 Å². The van der Waals surface area contributed by atoms with Crippen LogP contribution in [0, 0.1) is 0 Å². The zero-order valence-corrected chi connectivity index (χ0v) is 20.0. The van der Waals surface area contributed by atoms with Crippen molar-refractivity contribution in [3.05, 3.63) is 70.9 Å². The Morgan fingerprint density at radius 1 is 1.06 bits per heavy atom. The van der Waals surface area contributed by atoms with Crippen LogP contribution in [0.1, 0.15) is 16.8 Å². The van der Waals surface area contributed by atoms with Gasteiger partial charge in [-0.2, -0.15) is 5.10 Å². The monoisotopic (exact) mass is 462 g/mol. The van der Waals surface area contributed by atoms with Crippen molar-refractivity contribution in [3.63, 3.8) is 0 Å². The minimum atomic E-state index is 0.764. The van der Waals surface area contributed by atoms with Gasteiger partial charge >= 0.3 is 0 Å². The average Bonchev–Trinajstić information content (AvgIpc) is 3.49. The van der Waals surface area contributed by atoms with Gasteiger partial charge in [-0.15, -0.1) is 11.3 Å². The molecule has 7 nitrogen and oxygen atoms in total. The molecule has 172 valence electrons. The molecule has 0 amide bonds. The minimum Gasteiger partial charge on any atom is -0.497 e. The fraction of sp³-hybridized carbons (Fsp3) is 0.360. The van der Waals surface area contributed by atoms with Crippen molar-refractivity contribution in [2.45, 2.75) is 19.6 Å². The van der Waals surface area contributed by atoms with Crippen LogP contribution in [0.15, 0.2) is 54.0 Å². The summed E-state index contributed by atoms with van der Waals surface area (Å²) >= 11 is 1.73. The number of fused-ring (bicyclic) bond motifs is 1. The number of hydrogen-bond donors (Lipinski definition) is 1. The fourth-order valence-electron chi connectivity index (χ4n) is 4.23. The molecule has 3 heterocycles. The van der Waals surface area contributed by atoms with Crippen LogP contribution in [0.2, 0.25) is 0 Å². The number of piperazine rings is 1. The second kappa shape index (κ2) is 9.91. The summed E-state index contributed by atoms with van der Waals surface area (Å²) in [7, 11) is 3.90. The number of rotatable bonds is 8. The Labute approximate surface area is 198 Å². The molecule has 1 aliphatic heterocycles. The third kappa shape index (κ3) is 5.35. The van der Waals surface area contributed by atoms with Gasteiger partial charge in [0.1, 0.15) is 5.75 Å². The number of methoxy groups -OCH3 is 1. The van der Waals surface area contributed by atoms with E-state index in [1.807, 2.05) is 18.3 Å². The molecular formula is C25H30N6OS. The van der Waals surface area contributed by atoms with Gasteiger partial charge < -0.3 is 14.5 Å². The number of likely N-dealkylation sites (N-methyl/N-ethyl adjacent to an activating group) is 1. The van der Waals surface area contributed by atoms with Crippen molar-refractivity contribution in [2.75, 3.05) is 45.2 Å². The average molecular weight is 463 g/mol. The third-order valence-electron chi connectivity index (χ3n) is 6.18. The van der Waals surface area contributed by atoms with Gasteiger partial charge in [-0.05, 0) is 36.4 Å². The van der Waals surface area contributed by atoms with Gasteiger partial charge in [0.05, 0.1) is 24.5 Å². The number of H-pyrrole nitrogens is 1. The number of anilines is 1. The Balaban J connectivity index is 1.37. The number of aromatic nitrogens is 3. The number of ether oxygens (including phenoxy) is 1. The quantitative estimate of drug-likeness (QED) is 0.427. The summed E-state index contributed by atoms with van der Waals surface area (Å²) in [5.41, 5.74) is 4.64. The van der Waals surface area contributed by atoms with Crippen LogP contribution in [0.3, 0.4) is 0 Å². The number of thiazole rings is 1. The van der Waals surface area contributed by atoms with E-state index >= 15 is 0 Å². The first-order valence-electron chi connectivity index (χ1n) is 11.3. The van der Waals surface area contributed by atoms with E-state index in [0.717, 1.165) is 73.3 Å². The minimum absolute atomic E-state index is 0.764. The topological polar surface area (TPSA) is 60.5 Å². The van der Waals surface area contributed by atoms with E-state index in [-0.39, 0.29) is 0 Å². The van der Waals surface area contributed by atoms with Gasteiger partial charge in [0.25, 0.3) is 0 Å². The van der Waals surface area contributed by atoms with Gasteiger partial charge in [0, 0.05) is 56.6 Å². The Kier molecular flexibility index (Phi) is 6.57. The van der Waals surface area contributed by atoms with Crippen molar-refractivity contribution < 1.29 is 4.74 Å². The van der Waals surface area contributed by atoms with E-state index in [1.165, 1.54) is 11.1 Å². The molecule has 2 aromatic carbocycles. The van der Waals surface area contributed by atoms with E-state index in [9.17, 15) is 0 Å². The second-order valence-corrected chi connectivity index (χ2v) is 9.54. The number of aromatic amines is 1. The maximum atomic E-state index is 5.44. The number of benzene rings is 2. The molecule has 0 unspecified atom stereocenters. The van der Waals surface area contributed by atoms with Crippen LogP contribution in [0.4, 0.5) is 5.13 Å². The molecule has 2 aromatic heterocycles. The predicted molar refractivity (Wildman–Crippen MR) is 134 cm³/mol. The predicted octanol–water partition coefficient (Wildman–Crippen LogP) is 3.98. The molecule has 0 saturated carbocycles. The van der Waals surface area contributed by atoms with E-state index in [2.05, 4.69) is 67.7 Å². The smallest absolute Gasteiger partial charge is 0.186 e. The molecule has 0 radical (unpaired) electrons. The molecule has 1 aliphatic rings. The highest BCUT2D eigenvalue weighted by molar-refractivity contribution is 7.13. The maximum absolute atomic E-state index is 5.44. The summed E-state index contributed by atoms with van der Waals surface area (Å²) in [4.78, 5) is 12.3. The molecular weight excluding hydrogens is 432 g/mol. The number of nitrogens with zero attached hydrogens (tertiary/aromatic N) is 5. The Bertz CT molecular complexity index is 1200. The SMILES string of the molecule is COc1cccc(CN(Cc2ccc3cn[nH]c3c2)c2nc(CN3CCN(C)CC3)cs2)c1. The molecule has 33 heavy (non-hydrogen) atoms. The first kappa shape index (κ1) is 21.9. The Morgan fingerprint density at radius 2 is 1.88 bits per heavy atom. The van der Waals surface area contributed by atoms with E-state index in [4.69, 9.17) is 9.72 Å². The van der Waals surface area contributed by atoms with E-state index < -0.39 is 0 Å². The molecule has 0 atom stereocenters. The largest absolute Gasteiger partial charge is 0.497 e.